The molecule has 2 N–H and O–H groups in total. The fourth-order valence-electron chi connectivity index (χ4n) is 1.46. The number of hydrogen-bond donors (Lipinski definition) is 2. The number of rotatable bonds is 4. The average Bonchev–Trinajstić information content (AvgIpc) is 2.67. The second kappa shape index (κ2) is 4.76. The number of phenols is 1. The Hall–Kier alpha value is -1.88. The number of nitrogens with one attached hydrogen (secondary N) is 1. The van der Waals surface area contributed by atoms with Gasteiger partial charge in [0.15, 0.2) is 0 Å². The number of aromatic nitrogens is 3. The van der Waals surface area contributed by atoms with Crippen molar-refractivity contribution in [3.63, 3.8) is 0 Å². The highest BCUT2D eigenvalue weighted by Gasteiger charge is 2.00. The first-order chi connectivity index (χ1) is 7.75. The molecule has 5 heteroatoms. The molecule has 0 bridgehead atoms. The van der Waals surface area contributed by atoms with Crippen molar-refractivity contribution in [2.24, 2.45) is 7.05 Å². The summed E-state index contributed by atoms with van der Waals surface area (Å²) in [5.41, 5.74) is 1.77. The van der Waals surface area contributed by atoms with Gasteiger partial charge in [0.2, 0.25) is 0 Å². The zero-order valence-corrected chi connectivity index (χ0v) is 9.09. The molecule has 16 heavy (non-hydrogen) atoms. The van der Waals surface area contributed by atoms with E-state index in [9.17, 15) is 5.11 Å². The zero-order valence-electron chi connectivity index (χ0n) is 9.09. The highest BCUT2D eigenvalue weighted by Crippen LogP contribution is 2.14. The van der Waals surface area contributed by atoms with Gasteiger partial charge in [-0.2, -0.15) is 0 Å². The van der Waals surface area contributed by atoms with Crippen molar-refractivity contribution in [3.8, 4) is 5.75 Å². The van der Waals surface area contributed by atoms with Crippen LogP contribution in [-0.4, -0.2) is 20.1 Å². The molecule has 5 nitrogen and oxygen atoms in total. The van der Waals surface area contributed by atoms with Crippen molar-refractivity contribution < 1.29 is 5.11 Å². The van der Waals surface area contributed by atoms with Crippen LogP contribution in [0.1, 0.15) is 11.3 Å². The minimum absolute atomic E-state index is 0.314. The fourth-order valence-corrected chi connectivity index (χ4v) is 1.46. The topological polar surface area (TPSA) is 63.0 Å². The number of nitrogens with zero attached hydrogens (tertiary/aromatic N) is 3. The smallest absolute Gasteiger partial charge is 0.120 e. The number of para-hydroxylation sites is 1. The molecule has 1 heterocycles. The summed E-state index contributed by atoms with van der Waals surface area (Å²) in [5, 5.41) is 20.5. The number of aromatic hydroxyl groups is 1. The van der Waals surface area contributed by atoms with E-state index >= 15 is 0 Å². The molecule has 2 aromatic rings. The lowest BCUT2D eigenvalue weighted by Gasteiger charge is -2.04. The summed E-state index contributed by atoms with van der Waals surface area (Å²) in [7, 11) is 1.83. The third-order valence-corrected chi connectivity index (χ3v) is 2.26. The largest absolute Gasteiger partial charge is 0.508 e. The Morgan fingerprint density at radius 3 is 2.81 bits per heavy atom. The maximum absolute atomic E-state index is 9.54. The Morgan fingerprint density at radius 1 is 1.31 bits per heavy atom. The van der Waals surface area contributed by atoms with E-state index in [1.54, 1.807) is 10.7 Å². The Morgan fingerprint density at radius 2 is 2.12 bits per heavy atom. The predicted octanol–water partition coefficient (Wildman–Crippen LogP) is 0.810. The Kier molecular flexibility index (Phi) is 3.16. The van der Waals surface area contributed by atoms with Crippen LogP contribution in [-0.2, 0) is 20.1 Å². The van der Waals surface area contributed by atoms with Crippen molar-refractivity contribution >= 4 is 0 Å². The third kappa shape index (κ3) is 2.58. The van der Waals surface area contributed by atoms with E-state index in [4.69, 9.17) is 0 Å². The molecule has 1 aromatic heterocycles. The van der Waals surface area contributed by atoms with Gasteiger partial charge in [-0.3, -0.25) is 4.68 Å². The van der Waals surface area contributed by atoms with Gasteiger partial charge in [-0.25, -0.2) is 0 Å². The molecule has 0 fully saturated rings. The number of hydrogen-bond acceptors (Lipinski definition) is 4. The first-order valence-corrected chi connectivity index (χ1v) is 5.08. The van der Waals surface area contributed by atoms with E-state index in [1.165, 1.54) is 0 Å². The van der Waals surface area contributed by atoms with Gasteiger partial charge in [0.1, 0.15) is 5.75 Å². The summed E-state index contributed by atoms with van der Waals surface area (Å²) in [6, 6.07) is 7.28. The monoisotopic (exact) mass is 218 g/mol. The Balaban J connectivity index is 1.87. The number of phenolic OH excluding ortho intramolecular Hbond substituents is 1. The molecule has 0 spiro atoms. The molecule has 84 valence electrons. The standard InChI is InChI=1S/C11H14N4O/c1-15-8-10(13-14-15)7-12-6-9-4-2-3-5-11(9)16/h2-5,8,12,16H,6-7H2,1H3. The van der Waals surface area contributed by atoms with Crippen molar-refractivity contribution in [2.45, 2.75) is 13.1 Å². The van der Waals surface area contributed by atoms with Crippen LogP contribution >= 0.6 is 0 Å². The highest BCUT2D eigenvalue weighted by molar-refractivity contribution is 5.31. The fraction of sp³-hybridized carbons (Fsp3) is 0.273. The van der Waals surface area contributed by atoms with Crippen LogP contribution in [0.25, 0.3) is 0 Å². The first-order valence-electron chi connectivity index (χ1n) is 5.08. The second-order valence-corrected chi connectivity index (χ2v) is 3.62. The van der Waals surface area contributed by atoms with E-state index in [0.717, 1.165) is 11.3 Å². The zero-order chi connectivity index (χ0) is 11.4. The lowest BCUT2D eigenvalue weighted by atomic mass is 10.2. The molecule has 0 amide bonds. The number of aryl methyl sites for hydroxylation is 1. The quantitative estimate of drug-likeness (QED) is 0.797. The van der Waals surface area contributed by atoms with Crippen molar-refractivity contribution in [2.75, 3.05) is 0 Å². The normalized spacial score (nSPS) is 10.6. The maximum atomic E-state index is 9.54. The van der Waals surface area contributed by atoms with E-state index < -0.39 is 0 Å². The SMILES string of the molecule is Cn1cc(CNCc2ccccc2O)nn1. The predicted molar refractivity (Wildman–Crippen MR) is 59.7 cm³/mol. The second-order valence-electron chi connectivity index (χ2n) is 3.62. The van der Waals surface area contributed by atoms with Gasteiger partial charge >= 0.3 is 0 Å². The van der Waals surface area contributed by atoms with Crippen LogP contribution in [0.3, 0.4) is 0 Å². The minimum atomic E-state index is 0.314. The Labute approximate surface area is 93.7 Å². The van der Waals surface area contributed by atoms with Crippen LogP contribution in [0.2, 0.25) is 0 Å². The molecule has 0 saturated heterocycles. The van der Waals surface area contributed by atoms with Gasteiger partial charge in [-0.1, -0.05) is 23.4 Å². The number of benzene rings is 1. The van der Waals surface area contributed by atoms with E-state index in [0.29, 0.717) is 18.8 Å². The van der Waals surface area contributed by atoms with Gasteiger partial charge in [0.05, 0.1) is 5.69 Å². The summed E-state index contributed by atoms with van der Waals surface area (Å²) in [6.45, 7) is 1.26. The van der Waals surface area contributed by atoms with Crippen LogP contribution in [0, 0.1) is 0 Å². The molecule has 2 rings (SSSR count). The summed E-state index contributed by atoms with van der Waals surface area (Å²) in [5.74, 6) is 0.314. The molecule has 0 unspecified atom stereocenters. The van der Waals surface area contributed by atoms with Crippen LogP contribution in [0.4, 0.5) is 0 Å². The van der Waals surface area contributed by atoms with E-state index in [1.807, 2.05) is 31.4 Å². The van der Waals surface area contributed by atoms with E-state index in [-0.39, 0.29) is 0 Å². The molecular weight excluding hydrogens is 204 g/mol. The van der Waals surface area contributed by atoms with Crippen LogP contribution < -0.4 is 5.32 Å². The lowest BCUT2D eigenvalue weighted by molar-refractivity contribution is 0.464. The molecule has 0 saturated carbocycles. The minimum Gasteiger partial charge on any atom is -0.508 e. The highest BCUT2D eigenvalue weighted by atomic mass is 16.3. The summed E-state index contributed by atoms with van der Waals surface area (Å²) in [6.07, 6.45) is 1.86. The maximum Gasteiger partial charge on any atom is 0.120 e. The molecular formula is C11H14N4O. The van der Waals surface area contributed by atoms with Crippen molar-refractivity contribution in [1.29, 1.82) is 0 Å². The molecule has 1 aromatic carbocycles. The van der Waals surface area contributed by atoms with Crippen molar-refractivity contribution in [3.05, 3.63) is 41.7 Å². The molecule has 0 radical (unpaired) electrons. The van der Waals surface area contributed by atoms with Gasteiger partial charge in [-0.05, 0) is 6.07 Å². The van der Waals surface area contributed by atoms with Gasteiger partial charge in [0, 0.05) is 31.9 Å². The summed E-state index contributed by atoms with van der Waals surface area (Å²) < 4.78 is 1.66. The molecule has 0 aliphatic carbocycles. The summed E-state index contributed by atoms with van der Waals surface area (Å²) in [4.78, 5) is 0. The average molecular weight is 218 g/mol. The summed E-state index contributed by atoms with van der Waals surface area (Å²) >= 11 is 0. The van der Waals surface area contributed by atoms with Crippen molar-refractivity contribution in [1.82, 2.24) is 20.3 Å². The van der Waals surface area contributed by atoms with E-state index in [2.05, 4.69) is 15.6 Å². The third-order valence-electron chi connectivity index (χ3n) is 2.26. The molecule has 0 aliphatic heterocycles. The lowest BCUT2D eigenvalue weighted by Crippen LogP contribution is -2.13. The molecule has 0 aliphatic rings. The van der Waals surface area contributed by atoms with Crippen LogP contribution in [0.5, 0.6) is 5.75 Å². The Bertz CT molecular complexity index is 467. The van der Waals surface area contributed by atoms with Crippen LogP contribution in [0.15, 0.2) is 30.5 Å². The van der Waals surface area contributed by atoms with Gasteiger partial charge < -0.3 is 10.4 Å². The van der Waals surface area contributed by atoms with Gasteiger partial charge in [-0.15, -0.1) is 5.10 Å². The molecule has 0 atom stereocenters. The van der Waals surface area contributed by atoms with Gasteiger partial charge in [0.25, 0.3) is 0 Å². The first kappa shape index (κ1) is 10.6.